The Bertz CT molecular complexity index is 1070. The molecule has 3 rings (SSSR count). The minimum Gasteiger partial charge on any atom is -0.423 e. The third kappa shape index (κ3) is 5.18. The van der Waals surface area contributed by atoms with E-state index in [0.717, 1.165) is 17.7 Å². The van der Waals surface area contributed by atoms with Crippen LogP contribution in [-0.2, 0) is 6.54 Å². The van der Waals surface area contributed by atoms with Crippen LogP contribution in [0.4, 0.5) is 5.69 Å². The van der Waals surface area contributed by atoms with Crippen LogP contribution in [0.2, 0.25) is 5.02 Å². The average molecular weight is 411 g/mol. The first-order valence-corrected chi connectivity index (χ1v) is 8.90. The number of hydrogen-bond donors (Lipinski definition) is 1. The zero-order chi connectivity index (χ0) is 20.8. The van der Waals surface area contributed by atoms with Gasteiger partial charge in [-0.1, -0.05) is 48.0 Å². The maximum absolute atomic E-state index is 12.3. The fraction of sp³-hybridized carbons (Fsp3) is 0.0476. The van der Waals surface area contributed by atoms with Gasteiger partial charge in [-0.25, -0.2) is 4.79 Å². The van der Waals surface area contributed by atoms with E-state index in [1.807, 2.05) is 30.3 Å². The highest BCUT2D eigenvalue weighted by molar-refractivity contribution is 6.33. The normalized spacial score (nSPS) is 10.2. The molecule has 0 radical (unpaired) electrons. The molecule has 3 aromatic carbocycles. The number of esters is 1. The summed E-state index contributed by atoms with van der Waals surface area (Å²) in [6, 6.07) is 19.0. The first-order chi connectivity index (χ1) is 13.9. The summed E-state index contributed by atoms with van der Waals surface area (Å²) in [5.74, 6) is -0.955. The largest absolute Gasteiger partial charge is 0.423 e. The molecule has 0 heterocycles. The van der Waals surface area contributed by atoms with Crippen LogP contribution in [0.15, 0.2) is 72.8 Å². The lowest BCUT2D eigenvalue weighted by molar-refractivity contribution is -0.384. The van der Waals surface area contributed by atoms with Crippen molar-refractivity contribution in [3.63, 3.8) is 0 Å². The van der Waals surface area contributed by atoms with Gasteiger partial charge in [0.05, 0.1) is 15.5 Å². The van der Waals surface area contributed by atoms with Crippen LogP contribution in [0.25, 0.3) is 0 Å². The van der Waals surface area contributed by atoms with Gasteiger partial charge in [0.25, 0.3) is 11.6 Å². The second-order valence-corrected chi connectivity index (χ2v) is 6.41. The zero-order valence-electron chi connectivity index (χ0n) is 15.0. The van der Waals surface area contributed by atoms with Gasteiger partial charge in [-0.15, -0.1) is 0 Å². The zero-order valence-corrected chi connectivity index (χ0v) is 15.8. The van der Waals surface area contributed by atoms with Crippen molar-refractivity contribution in [1.29, 1.82) is 0 Å². The standard InChI is InChI=1S/C21H15ClN2O5/c22-19-12-16(24(27)28)9-10-18(19)21(26)29-17-8-4-7-15(11-17)20(25)23-13-14-5-2-1-3-6-14/h1-12H,13H2,(H,23,25). The van der Waals surface area contributed by atoms with Crippen molar-refractivity contribution in [2.75, 3.05) is 0 Å². The molecule has 0 aromatic heterocycles. The molecule has 0 saturated heterocycles. The molecule has 0 atom stereocenters. The van der Waals surface area contributed by atoms with E-state index in [2.05, 4.69) is 5.32 Å². The Morgan fingerprint density at radius 3 is 2.45 bits per heavy atom. The summed E-state index contributed by atoms with van der Waals surface area (Å²) in [4.78, 5) is 34.8. The van der Waals surface area contributed by atoms with Gasteiger partial charge < -0.3 is 10.1 Å². The molecule has 0 bridgehead atoms. The van der Waals surface area contributed by atoms with E-state index >= 15 is 0 Å². The van der Waals surface area contributed by atoms with E-state index in [0.29, 0.717) is 12.1 Å². The number of nitrogens with one attached hydrogen (secondary N) is 1. The molecule has 29 heavy (non-hydrogen) atoms. The van der Waals surface area contributed by atoms with Crippen molar-refractivity contribution >= 4 is 29.2 Å². The predicted octanol–water partition coefficient (Wildman–Crippen LogP) is 4.40. The van der Waals surface area contributed by atoms with E-state index in [1.165, 1.54) is 18.2 Å². The molecule has 0 aliphatic rings. The van der Waals surface area contributed by atoms with Gasteiger partial charge in [0.1, 0.15) is 5.75 Å². The Kier molecular flexibility index (Phi) is 6.21. The lowest BCUT2D eigenvalue weighted by Gasteiger charge is -2.09. The Balaban J connectivity index is 1.68. The summed E-state index contributed by atoms with van der Waals surface area (Å²) in [7, 11) is 0. The number of hydrogen-bond acceptors (Lipinski definition) is 5. The number of rotatable bonds is 6. The van der Waals surface area contributed by atoms with Gasteiger partial charge in [-0.05, 0) is 29.8 Å². The molecule has 1 amide bonds. The van der Waals surface area contributed by atoms with E-state index in [1.54, 1.807) is 12.1 Å². The number of nitrogens with zero attached hydrogens (tertiary/aromatic N) is 1. The fourth-order valence-electron chi connectivity index (χ4n) is 2.53. The number of benzene rings is 3. The highest BCUT2D eigenvalue weighted by Crippen LogP contribution is 2.24. The summed E-state index contributed by atoms with van der Waals surface area (Å²) in [6.07, 6.45) is 0. The summed E-state index contributed by atoms with van der Waals surface area (Å²) >= 11 is 5.95. The van der Waals surface area contributed by atoms with Crippen molar-refractivity contribution < 1.29 is 19.2 Å². The summed E-state index contributed by atoms with van der Waals surface area (Å²) < 4.78 is 5.26. The fourth-order valence-corrected chi connectivity index (χ4v) is 2.78. The molecular formula is C21H15ClN2O5. The third-order valence-electron chi connectivity index (χ3n) is 3.99. The van der Waals surface area contributed by atoms with Gasteiger partial charge in [0.15, 0.2) is 0 Å². The minimum atomic E-state index is -0.785. The highest BCUT2D eigenvalue weighted by atomic mass is 35.5. The molecule has 0 unspecified atom stereocenters. The van der Waals surface area contributed by atoms with Gasteiger partial charge in [-0.2, -0.15) is 0 Å². The number of nitro benzene ring substituents is 1. The van der Waals surface area contributed by atoms with Gasteiger partial charge in [0, 0.05) is 24.2 Å². The van der Waals surface area contributed by atoms with Gasteiger partial charge in [-0.3, -0.25) is 14.9 Å². The molecule has 3 aromatic rings. The molecule has 0 fully saturated rings. The van der Waals surface area contributed by atoms with Crippen LogP contribution in [0.5, 0.6) is 5.75 Å². The highest BCUT2D eigenvalue weighted by Gasteiger charge is 2.17. The maximum atomic E-state index is 12.3. The van der Waals surface area contributed by atoms with Crippen molar-refractivity contribution in [2.45, 2.75) is 6.54 Å². The van der Waals surface area contributed by atoms with Gasteiger partial charge >= 0.3 is 5.97 Å². The van der Waals surface area contributed by atoms with Crippen LogP contribution < -0.4 is 10.1 Å². The number of nitro groups is 1. The number of non-ortho nitro benzene ring substituents is 1. The molecule has 8 heteroatoms. The van der Waals surface area contributed by atoms with E-state index in [-0.39, 0.29) is 27.9 Å². The number of carbonyl (C=O) groups is 2. The smallest absolute Gasteiger partial charge is 0.345 e. The molecule has 146 valence electrons. The summed E-state index contributed by atoms with van der Waals surface area (Å²) in [6.45, 7) is 0.363. The summed E-state index contributed by atoms with van der Waals surface area (Å²) in [5, 5.41) is 13.5. The van der Waals surface area contributed by atoms with E-state index in [4.69, 9.17) is 16.3 Å². The molecule has 7 nitrogen and oxygen atoms in total. The van der Waals surface area contributed by atoms with E-state index in [9.17, 15) is 19.7 Å². The van der Waals surface area contributed by atoms with Crippen LogP contribution >= 0.6 is 11.6 Å². The maximum Gasteiger partial charge on any atom is 0.345 e. The van der Waals surface area contributed by atoms with Crippen LogP contribution in [0.3, 0.4) is 0 Å². The Hall–Kier alpha value is -3.71. The van der Waals surface area contributed by atoms with Crippen LogP contribution in [0, 0.1) is 10.1 Å². The molecule has 0 aliphatic heterocycles. The lowest BCUT2D eigenvalue weighted by atomic mass is 10.1. The topological polar surface area (TPSA) is 98.5 Å². The first-order valence-electron chi connectivity index (χ1n) is 8.52. The van der Waals surface area contributed by atoms with Crippen LogP contribution in [0.1, 0.15) is 26.3 Å². The number of ether oxygens (including phenoxy) is 1. The molecule has 0 spiro atoms. The van der Waals surface area contributed by atoms with Gasteiger partial charge in [0.2, 0.25) is 0 Å². The second-order valence-electron chi connectivity index (χ2n) is 6.01. The third-order valence-corrected chi connectivity index (χ3v) is 4.30. The lowest BCUT2D eigenvalue weighted by Crippen LogP contribution is -2.22. The Morgan fingerprint density at radius 1 is 1.00 bits per heavy atom. The van der Waals surface area contributed by atoms with Crippen molar-refractivity contribution in [3.8, 4) is 5.75 Å². The molecule has 1 N–H and O–H groups in total. The number of amides is 1. The number of carbonyl (C=O) groups excluding carboxylic acids is 2. The van der Waals surface area contributed by atoms with Crippen molar-refractivity contribution in [1.82, 2.24) is 5.32 Å². The second kappa shape index (κ2) is 8.99. The Morgan fingerprint density at radius 2 is 1.76 bits per heavy atom. The molecular weight excluding hydrogens is 396 g/mol. The molecule has 0 aliphatic carbocycles. The Labute approximate surface area is 171 Å². The predicted molar refractivity (Wildman–Crippen MR) is 107 cm³/mol. The molecule has 0 saturated carbocycles. The van der Waals surface area contributed by atoms with E-state index < -0.39 is 10.9 Å². The number of halogens is 1. The van der Waals surface area contributed by atoms with Crippen molar-refractivity contribution in [3.05, 3.63) is 105 Å². The SMILES string of the molecule is O=C(NCc1ccccc1)c1cccc(OC(=O)c2ccc([N+](=O)[O-])cc2Cl)c1. The quantitative estimate of drug-likeness (QED) is 0.281. The summed E-state index contributed by atoms with van der Waals surface area (Å²) in [5.41, 5.74) is 1.03. The van der Waals surface area contributed by atoms with Crippen LogP contribution in [-0.4, -0.2) is 16.8 Å². The minimum absolute atomic E-state index is 0.0174. The average Bonchev–Trinajstić information content (AvgIpc) is 2.72. The monoisotopic (exact) mass is 410 g/mol. The first kappa shape index (κ1) is 20.0. The van der Waals surface area contributed by atoms with Crippen molar-refractivity contribution in [2.24, 2.45) is 0 Å².